The minimum Gasteiger partial charge on any atom is -0.310 e. The summed E-state index contributed by atoms with van der Waals surface area (Å²) in [6, 6.07) is 69.6. The zero-order chi connectivity index (χ0) is 36.7. The standard InChI is InChI=1S/C53H37NS/c1-53(2)49-23-9-7-19-43(49)44-30-29-39(32-50(44)53)54(38-16-11-15-36(31-38)41-22-12-14-34-13-3-4-17-40(34)41)37-27-25-35(26-28-37)47-33-48-45-20-8-10-24-51(45)55-52(48)46-21-6-5-18-42(46)47/h3-33H,1-2H3. The predicted molar refractivity (Wildman–Crippen MR) is 237 cm³/mol. The van der Waals surface area contributed by atoms with Crippen LogP contribution in [0.4, 0.5) is 17.1 Å². The maximum atomic E-state index is 2.44. The van der Waals surface area contributed by atoms with Crippen LogP contribution in [-0.4, -0.2) is 0 Å². The quantitative estimate of drug-likeness (QED) is 0.171. The van der Waals surface area contributed by atoms with E-state index in [1.807, 2.05) is 11.3 Å². The summed E-state index contributed by atoms with van der Waals surface area (Å²) in [5.41, 5.74) is 13.6. The van der Waals surface area contributed by atoms with Crippen LogP contribution >= 0.6 is 11.3 Å². The average Bonchev–Trinajstić information content (AvgIpc) is 3.73. The average molecular weight is 720 g/mol. The molecule has 0 saturated carbocycles. The molecule has 0 unspecified atom stereocenters. The van der Waals surface area contributed by atoms with Gasteiger partial charge in [-0.1, -0.05) is 153 Å². The van der Waals surface area contributed by atoms with Crippen LogP contribution in [0.25, 0.3) is 75.1 Å². The van der Waals surface area contributed by atoms with Crippen LogP contribution in [0.5, 0.6) is 0 Å². The van der Waals surface area contributed by atoms with Gasteiger partial charge in [-0.15, -0.1) is 11.3 Å². The molecule has 1 heterocycles. The van der Waals surface area contributed by atoms with Crippen molar-refractivity contribution < 1.29 is 0 Å². The lowest BCUT2D eigenvalue weighted by atomic mass is 9.82. The summed E-state index contributed by atoms with van der Waals surface area (Å²) in [4.78, 5) is 2.44. The first-order chi connectivity index (χ1) is 27.0. The number of rotatable bonds is 5. The van der Waals surface area contributed by atoms with Crippen LogP contribution in [0.1, 0.15) is 25.0 Å². The van der Waals surface area contributed by atoms with Gasteiger partial charge >= 0.3 is 0 Å². The molecule has 0 atom stereocenters. The van der Waals surface area contributed by atoms with E-state index < -0.39 is 0 Å². The van der Waals surface area contributed by atoms with Crippen molar-refractivity contribution in [3.63, 3.8) is 0 Å². The predicted octanol–water partition coefficient (Wildman–Crippen LogP) is 15.5. The summed E-state index contributed by atoms with van der Waals surface area (Å²) < 4.78 is 2.69. The Morgan fingerprint density at radius 1 is 0.382 bits per heavy atom. The highest BCUT2D eigenvalue weighted by atomic mass is 32.1. The van der Waals surface area contributed by atoms with E-state index in [4.69, 9.17) is 0 Å². The summed E-state index contributed by atoms with van der Waals surface area (Å²) in [7, 11) is 0. The van der Waals surface area contributed by atoms with E-state index in [9.17, 15) is 0 Å². The molecule has 11 rings (SSSR count). The molecule has 0 radical (unpaired) electrons. The molecule has 0 spiro atoms. The Labute approximate surface area is 325 Å². The van der Waals surface area contributed by atoms with Gasteiger partial charge in [0.25, 0.3) is 0 Å². The molecule has 0 fully saturated rings. The first-order valence-electron chi connectivity index (χ1n) is 19.1. The Morgan fingerprint density at radius 2 is 1.02 bits per heavy atom. The van der Waals surface area contributed by atoms with Gasteiger partial charge in [-0.25, -0.2) is 0 Å². The highest BCUT2D eigenvalue weighted by Gasteiger charge is 2.35. The fourth-order valence-electron chi connectivity index (χ4n) is 9.14. The van der Waals surface area contributed by atoms with Gasteiger partial charge in [0.05, 0.1) is 0 Å². The van der Waals surface area contributed by atoms with Gasteiger partial charge < -0.3 is 4.90 Å². The molecule has 0 N–H and O–H groups in total. The summed E-state index contributed by atoms with van der Waals surface area (Å²) in [6.07, 6.45) is 0. The maximum Gasteiger partial charge on any atom is 0.0467 e. The molecule has 1 nitrogen and oxygen atoms in total. The molecule has 1 aromatic heterocycles. The molecule has 0 bridgehead atoms. The first-order valence-corrected chi connectivity index (χ1v) is 19.9. The zero-order valence-corrected chi connectivity index (χ0v) is 31.6. The number of nitrogens with zero attached hydrogens (tertiary/aromatic N) is 1. The van der Waals surface area contributed by atoms with Crippen LogP contribution in [0.3, 0.4) is 0 Å². The second-order valence-electron chi connectivity index (χ2n) is 15.3. The van der Waals surface area contributed by atoms with Gasteiger partial charge in [0.15, 0.2) is 0 Å². The number of hydrogen-bond acceptors (Lipinski definition) is 2. The fourth-order valence-corrected chi connectivity index (χ4v) is 10.4. The van der Waals surface area contributed by atoms with Gasteiger partial charge in [0.2, 0.25) is 0 Å². The summed E-state index contributed by atoms with van der Waals surface area (Å²) in [6.45, 7) is 4.72. The van der Waals surface area contributed by atoms with Crippen LogP contribution in [0.15, 0.2) is 188 Å². The topological polar surface area (TPSA) is 3.24 Å². The van der Waals surface area contributed by atoms with E-state index in [1.54, 1.807) is 0 Å². The van der Waals surface area contributed by atoms with Crippen LogP contribution in [0, 0.1) is 0 Å². The number of benzene rings is 9. The number of hydrogen-bond donors (Lipinski definition) is 0. The molecular formula is C53H37NS. The molecule has 1 aliphatic carbocycles. The SMILES string of the molecule is CC1(C)c2ccccc2-c2ccc(N(c3ccc(-c4cc5c6ccccc6sc5c5ccccc45)cc3)c3cccc(-c4cccc5ccccc45)c3)cc21. The third-order valence-electron chi connectivity index (χ3n) is 11.9. The Balaban J connectivity index is 1.08. The minimum absolute atomic E-state index is 0.103. The number of anilines is 3. The highest BCUT2D eigenvalue weighted by Crippen LogP contribution is 2.51. The molecule has 55 heavy (non-hydrogen) atoms. The molecular weight excluding hydrogens is 683 g/mol. The second kappa shape index (κ2) is 12.3. The van der Waals surface area contributed by atoms with E-state index in [-0.39, 0.29) is 5.41 Å². The zero-order valence-electron chi connectivity index (χ0n) is 30.8. The van der Waals surface area contributed by atoms with E-state index in [1.165, 1.54) is 86.2 Å². The third-order valence-corrected chi connectivity index (χ3v) is 13.1. The van der Waals surface area contributed by atoms with E-state index in [2.05, 4.69) is 207 Å². The van der Waals surface area contributed by atoms with Gasteiger partial charge in [-0.3, -0.25) is 0 Å². The van der Waals surface area contributed by atoms with Crippen molar-refractivity contribution in [2.24, 2.45) is 0 Å². The van der Waals surface area contributed by atoms with E-state index in [0.29, 0.717) is 0 Å². The molecule has 260 valence electrons. The van der Waals surface area contributed by atoms with Crippen molar-refractivity contribution >= 4 is 70.1 Å². The van der Waals surface area contributed by atoms with Gasteiger partial charge in [0, 0.05) is 48.0 Å². The van der Waals surface area contributed by atoms with Gasteiger partial charge in [-0.2, -0.15) is 0 Å². The lowest BCUT2D eigenvalue weighted by molar-refractivity contribution is 0.660. The summed E-state index contributed by atoms with van der Waals surface area (Å²) in [5.74, 6) is 0. The molecule has 0 saturated heterocycles. The minimum atomic E-state index is -0.103. The Hall–Kier alpha value is -6.48. The number of fused-ring (bicyclic) bond motifs is 9. The van der Waals surface area contributed by atoms with Gasteiger partial charge in [-0.05, 0) is 109 Å². The highest BCUT2D eigenvalue weighted by molar-refractivity contribution is 7.26. The fraction of sp³-hybridized carbons (Fsp3) is 0.0566. The Morgan fingerprint density at radius 3 is 1.89 bits per heavy atom. The Bertz CT molecular complexity index is 3120. The van der Waals surface area contributed by atoms with Crippen LogP contribution < -0.4 is 4.90 Å². The summed E-state index contributed by atoms with van der Waals surface area (Å²) >= 11 is 1.89. The van der Waals surface area contributed by atoms with E-state index in [0.717, 1.165) is 17.1 Å². The van der Waals surface area contributed by atoms with Gasteiger partial charge in [0.1, 0.15) is 0 Å². The molecule has 10 aromatic rings. The third kappa shape index (κ3) is 4.99. The summed E-state index contributed by atoms with van der Waals surface area (Å²) in [5, 5.41) is 7.76. The molecule has 1 aliphatic rings. The molecule has 9 aromatic carbocycles. The lowest BCUT2D eigenvalue weighted by Gasteiger charge is -2.28. The van der Waals surface area contributed by atoms with E-state index >= 15 is 0 Å². The molecule has 2 heteroatoms. The Kier molecular flexibility index (Phi) is 7.14. The van der Waals surface area contributed by atoms with Crippen molar-refractivity contribution in [2.75, 3.05) is 4.90 Å². The van der Waals surface area contributed by atoms with Crippen molar-refractivity contribution in [1.29, 1.82) is 0 Å². The van der Waals surface area contributed by atoms with Crippen molar-refractivity contribution in [1.82, 2.24) is 0 Å². The molecule has 0 amide bonds. The largest absolute Gasteiger partial charge is 0.310 e. The first kappa shape index (κ1) is 32.0. The van der Waals surface area contributed by atoms with Crippen molar-refractivity contribution in [3.05, 3.63) is 199 Å². The maximum absolute atomic E-state index is 2.44. The van der Waals surface area contributed by atoms with Crippen molar-refractivity contribution in [3.8, 4) is 33.4 Å². The smallest absolute Gasteiger partial charge is 0.0467 e. The van der Waals surface area contributed by atoms with Crippen LogP contribution in [0.2, 0.25) is 0 Å². The molecule has 0 aliphatic heterocycles. The number of thiophene rings is 1. The van der Waals surface area contributed by atoms with Crippen molar-refractivity contribution in [2.45, 2.75) is 19.3 Å². The second-order valence-corrected chi connectivity index (χ2v) is 16.4. The van der Waals surface area contributed by atoms with Crippen LogP contribution in [-0.2, 0) is 5.41 Å². The normalized spacial score (nSPS) is 13.1. The lowest BCUT2D eigenvalue weighted by Crippen LogP contribution is -2.16. The monoisotopic (exact) mass is 719 g/mol.